The number of amides is 1. The molecule has 3 N–H and O–H groups in total. The molecule has 0 aromatic heterocycles. The molecule has 0 fully saturated rings. The lowest BCUT2D eigenvalue weighted by Gasteiger charge is -2.14. The van der Waals surface area contributed by atoms with Crippen molar-refractivity contribution in [1.29, 1.82) is 0 Å². The van der Waals surface area contributed by atoms with Crippen molar-refractivity contribution in [3.05, 3.63) is 48.0 Å². The Morgan fingerprint density at radius 2 is 1.93 bits per heavy atom. The number of fused-ring (bicyclic) bond motifs is 1. The Morgan fingerprint density at radius 1 is 1.17 bits per heavy atom. The number of thiocarbonyl (C=S) groups is 1. The lowest BCUT2D eigenvalue weighted by atomic mass is 10.1. The van der Waals surface area contributed by atoms with Crippen LogP contribution in [-0.4, -0.2) is 30.8 Å². The first kappa shape index (κ1) is 20.9. The number of nitrogens with one attached hydrogen (secondary N) is 3. The van der Waals surface area contributed by atoms with Crippen molar-refractivity contribution in [2.24, 2.45) is 0 Å². The number of benzene rings is 2. The standard InChI is InChI=1S/C22H27N3O3S/c1-3-4-5-12-28-17-8-6-16(7-9-17)23-22(29)25-21(26)20-14-15-13-18(27-2)10-11-19(15)24-20/h6-11,13,20,24H,3-5,12,14H2,1-2H3,(H2,23,25,26,29). The number of rotatable bonds is 8. The Bertz CT molecular complexity index is 855. The maximum absolute atomic E-state index is 12.5. The summed E-state index contributed by atoms with van der Waals surface area (Å²) in [6, 6.07) is 12.9. The van der Waals surface area contributed by atoms with Crippen LogP contribution in [0, 0.1) is 0 Å². The van der Waals surface area contributed by atoms with Crippen LogP contribution in [-0.2, 0) is 11.2 Å². The van der Waals surface area contributed by atoms with E-state index < -0.39 is 0 Å². The zero-order chi connectivity index (χ0) is 20.6. The number of hydrogen-bond acceptors (Lipinski definition) is 5. The van der Waals surface area contributed by atoms with Crippen LogP contribution < -0.4 is 25.4 Å². The van der Waals surface area contributed by atoms with E-state index in [9.17, 15) is 4.79 Å². The van der Waals surface area contributed by atoms with Gasteiger partial charge in [0.1, 0.15) is 17.5 Å². The Labute approximate surface area is 177 Å². The Kier molecular flexibility index (Phi) is 7.30. The van der Waals surface area contributed by atoms with E-state index in [1.54, 1.807) is 7.11 Å². The molecule has 0 spiro atoms. The highest BCUT2D eigenvalue weighted by atomic mass is 32.1. The lowest BCUT2D eigenvalue weighted by molar-refractivity contribution is -0.120. The number of carbonyl (C=O) groups excluding carboxylic acids is 1. The van der Waals surface area contributed by atoms with E-state index in [0.717, 1.165) is 41.5 Å². The highest BCUT2D eigenvalue weighted by Gasteiger charge is 2.27. The molecule has 0 bridgehead atoms. The monoisotopic (exact) mass is 413 g/mol. The molecular formula is C22H27N3O3S. The van der Waals surface area contributed by atoms with Gasteiger partial charge in [0.15, 0.2) is 5.11 Å². The van der Waals surface area contributed by atoms with Crippen LogP contribution in [0.15, 0.2) is 42.5 Å². The molecule has 1 aliphatic rings. The van der Waals surface area contributed by atoms with Crippen molar-refractivity contribution in [2.45, 2.75) is 38.6 Å². The Morgan fingerprint density at radius 3 is 2.66 bits per heavy atom. The van der Waals surface area contributed by atoms with E-state index in [1.165, 1.54) is 12.8 Å². The topological polar surface area (TPSA) is 71.6 Å². The molecule has 3 rings (SSSR count). The van der Waals surface area contributed by atoms with Gasteiger partial charge in [-0.3, -0.25) is 4.79 Å². The third kappa shape index (κ3) is 5.84. The van der Waals surface area contributed by atoms with E-state index in [4.69, 9.17) is 21.7 Å². The van der Waals surface area contributed by atoms with Crippen LogP contribution in [0.25, 0.3) is 0 Å². The number of methoxy groups -OCH3 is 1. The second kappa shape index (κ2) is 10.1. The summed E-state index contributed by atoms with van der Waals surface area (Å²) in [5, 5.41) is 9.27. The molecule has 29 heavy (non-hydrogen) atoms. The molecule has 0 radical (unpaired) electrons. The van der Waals surface area contributed by atoms with Gasteiger partial charge in [-0.1, -0.05) is 19.8 Å². The first-order valence-electron chi connectivity index (χ1n) is 9.87. The molecule has 1 atom stereocenters. The van der Waals surface area contributed by atoms with Crippen LogP contribution in [0.1, 0.15) is 31.7 Å². The average molecular weight is 414 g/mol. The minimum Gasteiger partial charge on any atom is -0.497 e. The summed E-state index contributed by atoms with van der Waals surface area (Å²) >= 11 is 5.28. The first-order chi connectivity index (χ1) is 14.1. The number of ether oxygens (including phenoxy) is 2. The third-order valence-corrected chi connectivity index (χ3v) is 4.95. The fraction of sp³-hybridized carbons (Fsp3) is 0.364. The second-order valence-electron chi connectivity index (χ2n) is 6.95. The van der Waals surface area contributed by atoms with Crippen molar-refractivity contribution in [3.8, 4) is 11.5 Å². The van der Waals surface area contributed by atoms with Crippen LogP contribution in [0.2, 0.25) is 0 Å². The quantitative estimate of drug-likeness (QED) is 0.447. The molecule has 0 saturated heterocycles. The fourth-order valence-corrected chi connectivity index (χ4v) is 3.38. The summed E-state index contributed by atoms with van der Waals surface area (Å²) < 4.78 is 10.9. The summed E-state index contributed by atoms with van der Waals surface area (Å²) in [6.45, 7) is 2.89. The maximum Gasteiger partial charge on any atom is 0.248 e. The molecule has 2 aromatic rings. The molecule has 1 unspecified atom stereocenters. The van der Waals surface area contributed by atoms with Gasteiger partial charge in [0.2, 0.25) is 5.91 Å². The number of carbonyl (C=O) groups is 1. The van der Waals surface area contributed by atoms with Gasteiger partial charge < -0.3 is 25.4 Å². The van der Waals surface area contributed by atoms with E-state index in [1.807, 2.05) is 42.5 Å². The molecule has 1 heterocycles. The molecule has 1 aliphatic heterocycles. The van der Waals surface area contributed by atoms with Crippen molar-refractivity contribution in [3.63, 3.8) is 0 Å². The zero-order valence-electron chi connectivity index (χ0n) is 16.8. The Balaban J connectivity index is 1.46. The van der Waals surface area contributed by atoms with Gasteiger partial charge in [-0.25, -0.2) is 0 Å². The van der Waals surface area contributed by atoms with Crippen molar-refractivity contribution in [1.82, 2.24) is 5.32 Å². The SMILES string of the molecule is CCCCCOc1ccc(NC(=S)NC(=O)C2Cc3cc(OC)ccc3N2)cc1. The molecule has 1 amide bonds. The normalized spacial score (nSPS) is 14.5. The summed E-state index contributed by atoms with van der Waals surface area (Å²) in [7, 11) is 1.63. The van der Waals surface area contributed by atoms with Gasteiger partial charge >= 0.3 is 0 Å². The van der Waals surface area contributed by atoms with Gasteiger partial charge in [0.25, 0.3) is 0 Å². The predicted octanol–water partition coefficient (Wildman–Crippen LogP) is 4.11. The third-order valence-electron chi connectivity index (χ3n) is 4.75. The van der Waals surface area contributed by atoms with E-state index in [-0.39, 0.29) is 17.1 Å². The minimum absolute atomic E-state index is 0.173. The van der Waals surface area contributed by atoms with Crippen LogP contribution in [0.3, 0.4) is 0 Å². The summed E-state index contributed by atoms with van der Waals surface area (Å²) in [5.41, 5.74) is 2.79. The van der Waals surface area contributed by atoms with Crippen LogP contribution in [0.4, 0.5) is 11.4 Å². The zero-order valence-corrected chi connectivity index (χ0v) is 17.6. The molecule has 2 aromatic carbocycles. The molecule has 6 nitrogen and oxygen atoms in total. The van der Waals surface area contributed by atoms with Gasteiger partial charge in [0, 0.05) is 17.8 Å². The lowest BCUT2D eigenvalue weighted by Crippen LogP contribution is -2.43. The van der Waals surface area contributed by atoms with E-state index in [2.05, 4.69) is 22.9 Å². The first-order valence-corrected chi connectivity index (χ1v) is 10.3. The highest BCUT2D eigenvalue weighted by Crippen LogP contribution is 2.29. The van der Waals surface area contributed by atoms with Crippen molar-refractivity contribution in [2.75, 3.05) is 24.4 Å². The van der Waals surface area contributed by atoms with E-state index >= 15 is 0 Å². The summed E-state index contributed by atoms with van der Waals surface area (Å²) in [5.74, 6) is 1.43. The van der Waals surface area contributed by atoms with Gasteiger partial charge in [0.05, 0.1) is 13.7 Å². The van der Waals surface area contributed by atoms with Crippen LogP contribution in [0.5, 0.6) is 11.5 Å². The second-order valence-corrected chi connectivity index (χ2v) is 7.36. The number of unbranched alkanes of at least 4 members (excludes halogenated alkanes) is 2. The summed E-state index contributed by atoms with van der Waals surface area (Å²) in [4.78, 5) is 12.5. The molecular weight excluding hydrogens is 386 g/mol. The summed E-state index contributed by atoms with van der Waals surface area (Å²) in [6.07, 6.45) is 3.98. The number of anilines is 2. The Hall–Kier alpha value is -2.80. The van der Waals surface area contributed by atoms with Crippen molar-refractivity contribution < 1.29 is 14.3 Å². The average Bonchev–Trinajstić information content (AvgIpc) is 3.16. The molecule has 154 valence electrons. The van der Waals surface area contributed by atoms with Gasteiger partial charge in [-0.05, 0) is 66.7 Å². The molecule has 7 heteroatoms. The largest absolute Gasteiger partial charge is 0.497 e. The van der Waals surface area contributed by atoms with E-state index in [0.29, 0.717) is 6.42 Å². The predicted molar refractivity (Wildman–Crippen MR) is 120 cm³/mol. The fourth-order valence-electron chi connectivity index (χ4n) is 3.16. The minimum atomic E-state index is -0.365. The smallest absolute Gasteiger partial charge is 0.248 e. The van der Waals surface area contributed by atoms with Gasteiger partial charge in [-0.15, -0.1) is 0 Å². The molecule has 0 aliphatic carbocycles. The van der Waals surface area contributed by atoms with Crippen molar-refractivity contribution >= 4 is 34.6 Å². The maximum atomic E-state index is 12.5. The highest BCUT2D eigenvalue weighted by molar-refractivity contribution is 7.80. The molecule has 0 saturated carbocycles. The van der Waals surface area contributed by atoms with Crippen LogP contribution >= 0.6 is 12.2 Å². The van der Waals surface area contributed by atoms with Gasteiger partial charge in [-0.2, -0.15) is 0 Å². The number of hydrogen-bond donors (Lipinski definition) is 3.